The third-order valence-corrected chi connectivity index (χ3v) is 4.86. The molecule has 2 heterocycles. The Morgan fingerprint density at radius 3 is 2.54 bits per heavy atom. The fraction of sp³-hybridized carbons (Fsp3) is 0.400. The number of nitrogens with zero attached hydrogens (tertiary/aromatic N) is 4. The largest absolute Gasteiger partial charge is 0.342 e. The fourth-order valence-corrected chi connectivity index (χ4v) is 3.18. The lowest BCUT2D eigenvalue weighted by molar-refractivity contribution is 0.0923. The molecule has 0 saturated heterocycles. The minimum absolute atomic E-state index is 0.120. The van der Waals surface area contributed by atoms with Crippen LogP contribution >= 0.6 is 0 Å². The molecule has 0 aliphatic carbocycles. The number of fused-ring (bicyclic) bond motifs is 1. The van der Waals surface area contributed by atoms with Gasteiger partial charge in [-0.2, -0.15) is 5.10 Å². The summed E-state index contributed by atoms with van der Waals surface area (Å²) in [6.45, 7) is 10.1. The van der Waals surface area contributed by atoms with Crippen molar-refractivity contribution in [2.24, 2.45) is 13.0 Å². The van der Waals surface area contributed by atoms with Crippen LogP contribution in [0.5, 0.6) is 0 Å². The highest BCUT2D eigenvalue weighted by molar-refractivity contribution is 6.07. The molecule has 0 aliphatic heterocycles. The molecule has 0 saturated carbocycles. The van der Waals surface area contributed by atoms with Gasteiger partial charge in [0.05, 0.1) is 17.1 Å². The van der Waals surface area contributed by atoms with Crippen LogP contribution in [0.4, 0.5) is 0 Å². The molecular weight excluding hydrogens is 326 g/mol. The van der Waals surface area contributed by atoms with Crippen LogP contribution in [0, 0.1) is 26.7 Å². The summed E-state index contributed by atoms with van der Waals surface area (Å²) >= 11 is 0. The summed E-state index contributed by atoms with van der Waals surface area (Å²) in [6.07, 6.45) is 1.51. The molecule has 1 atom stereocenters. The third kappa shape index (κ3) is 3.19. The summed E-state index contributed by atoms with van der Waals surface area (Å²) in [7, 11) is 1.84. The summed E-state index contributed by atoms with van der Waals surface area (Å²) in [5.74, 6) is 0.806. The summed E-state index contributed by atoms with van der Waals surface area (Å²) in [5.41, 5.74) is 4.63. The van der Waals surface area contributed by atoms with E-state index < -0.39 is 0 Å². The number of carbonyl (C=O) groups excluding carboxylic acids is 1. The van der Waals surface area contributed by atoms with Gasteiger partial charge in [0.15, 0.2) is 0 Å². The van der Waals surface area contributed by atoms with Gasteiger partial charge in [-0.1, -0.05) is 26.0 Å². The second-order valence-corrected chi connectivity index (χ2v) is 7.15. The normalized spacial score (nSPS) is 12.6. The van der Waals surface area contributed by atoms with Crippen LogP contribution in [0.1, 0.15) is 52.9 Å². The van der Waals surface area contributed by atoms with Crippen LogP contribution in [0.3, 0.4) is 0 Å². The number of amides is 1. The molecule has 3 rings (SSSR count). The quantitative estimate of drug-likeness (QED) is 0.782. The molecular formula is C20H25N5O. The number of rotatable bonds is 4. The van der Waals surface area contributed by atoms with E-state index >= 15 is 0 Å². The van der Waals surface area contributed by atoms with Gasteiger partial charge in [-0.05, 0) is 43.9 Å². The van der Waals surface area contributed by atoms with E-state index in [1.165, 1.54) is 11.9 Å². The van der Waals surface area contributed by atoms with Crippen molar-refractivity contribution in [2.75, 3.05) is 0 Å². The van der Waals surface area contributed by atoms with E-state index in [1.807, 2.05) is 39.1 Å². The van der Waals surface area contributed by atoms with E-state index in [0.717, 1.165) is 28.0 Å². The van der Waals surface area contributed by atoms with Crippen molar-refractivity contribution in [3.05, 3.63) is 52.7 Å². The molecule has 1 N–H and O–H groups in total. The summed E-state index contributed by atoms with van der Waals surface area (Å²) in [6, 6.07) is 5.64. The molecule has 3 aromatic rings. The topological polar surface area (TPSA) is 72.7 Å². The molecule has 26 heavy (non-hydrogen) atoms. The Hall–Kier alpha value is -2.76. The van der Waals surface area contributed by atoms with E-state index in [0.29, 0.717) is 5.56 Å². The van der Waals surface area contributed by atoms with Crippen LogP contribution < -0.4 is 5.32 Å². The molecule has 6 heteroatoms. The van der Waals surface area contributed by atoms with Gasteiger partial charge in [-0.15, -0.1) is 0 Å². The highest BCUT2D eigenvalue weighted by atomic mass is 16.1. The van der Waals surface area contributed by atoms with Crippen LogP contribution in [-0.4, -0.2) is 25.7 Å². The molecule has 1 aromatic carbocycles. The second kappa shape index (κ2) is 6.86. The van der Waals surface area contributed by atoms with Crippen molar-refractivity contribution in [1.82, 2.24) is 25.1 Å². The summed E-state index contributed by atoms with van der Waals surface area (Å²) < 4.78 is 1.70. The van der Waals surface area contributed by atoms with Crippen LogP contribution in [0.2, 0.25) is 0 Å². The van der Waals surface area contributed by atoms with Crippen molar-refractivity contribution in [3.8, 4) is 0 Å². The first kappa shape index (κ1) is 18.0. The molecule has 0 fully saturated rings. The number of hydrogen-bond acceptors (Lipinski definition) is 4. The number of pyridine rings is 1. The predicted octanol–water partition coefficient (Wildman–Crippen LogP) is 3.42. The number of hydrogen-bond donors (Lipinski definition) is 1. The molecule has 1 amide bonds. The average Bonchev–Trinajstić information content (AvgIpc) is 3.01. The van der Waals surface area contributed by atoms with E-state index in [1.54, 1.807) is 4.68 Å². The Labute approximate surface area is 153 Å². The first-order valence-electron chi connectivity index (χ1n) is 8.82. The van der Waals surface area contributed by atoms with Gasteiger partial charge in [0.1, 0.15) is 12.2 Å². The number of nitrogens with one attached hydrogen (secondary N) is 1. The van der Waals surface area contributed by atoms with E-state index in [2.05, 4.69) is 41.2 Å². The zero-order valence-corrected chi connectivity index (χ0v) is 16.2. The monoisotopic (exact) mass is 351 g/mol. The van der Waals surface area contributed by atoms with Crippen molar-refractivity contribution in [3.63, 3.8) is 0 Å². The number of aryl methyl sites for hydroxylation is 4. The average molecular weight is 351 g/mol. The maximum atomic E-state index is 13.1. The van der Waals surface area contributed by atoms with E-state index in [-0.39, 0.29) is 17.9 Å². The maximum absolute atomic E-state index is 13.1. The molecule has 0 bridgehead atoms. The second-order valence-electron chi connectivity index (χ2n) is 7.15. The Kier molecular flexibility index (Phi) is 4.76. The lowest BCUT2D eigenvalue weighted by Crippen LogP contribution is -2.33. The third-order valence-electron chi connectivity index (χ3n) is 4.86. The minimum Gasteiger partial charge on any atom is -0.342 e. The SMILES string of the molecule is Cc1cc(C(=O)N[C@@H](c2ncnn2C)C(C)C)c2ccc(C)c(C)c2n1. The first-order valence-corrected chi connectivity index (χ1v) is 8.82. The van der Waals surface area contributed by atoms with Gasteiger partial charge in [-0.3, -0.25) is 14.5 Å². The zero-order chi connectivity index (χ0) is 19.0. The molecule has 6 nitrogen and oxygen atoms in total. The zero-order valence-electron chi connectivity index (χ0n) is 16.2. The van der Waals surface area contributed by atoms with Crippen LogP contribution in [0.15, 0.2) is 24.5 Å². The number of aromatic nitrogens is 4. The molecule has 0 radical (unpaired) electrons. The predicted molar refractivity (Wildman–Crippen MR) is 102 cm³/mol. The summed E-state index contributed by atoms with van der Waals surface area (Å²) in [5, 5.41) is 8.14. The highest BCUT2D eigenvalue weighted by Gasteiger charge is 2.24. The number of benzene rings is 1. The standard InChI is InChI=1S/C20H25N5O/c1-11(2)17(19-21-10-22-25(19)6)24-20(26)16-9-13(4)23-18-14(5)12(3)7-8-15(16)18/h7-11,17H,1-6H3,(H,24,26)/t17-/m1/s1. The van der Waals surface area contributed by atoms with Gasteiger partial charge in [-0.25, -0.2) is 4.98 Å². The van der Waals surface area contributed by atoms with Crippen molar-refractivity contribution >= 4 is 16.8 Å². The Balaban J connectivity index is 2.05. The van der Waals surface area contributed by atoms with Gasteiger partial charge in [0.25, 0.3) is 5.91 Å². The molecule has 0 unspecified atom stereocenters. The Bertz CT molecular complexity index is 974. The fourth-order valence-electron chi connectivity index (χ4n) is 3.18. The molecule has 0 spiro atoms. The smallest absolute Gasteiger partial charge is 0.252 e. The Morgan fingerprint density at radius 1 is 1.19 bits per heavy atom. The van der Waals surface area contributed by atoms with Crippen molar-refractivity contribution in [2.45, 2.75) is 40.7 Å². The van der Waals surface area contributed by atoms with Crippen molar-refractivity contribution < 1.29 is 4.79 Å². The maximum Gasteiger partial charge on any atom is 0.252 e. The molecule has 136 valence electrons. The van der Waals surface area contributed by atoms with Gasteiger partial charge >= 0.3 is 0 Å². The van der Waals surface area contributed by atoms with Gasteiger partial charge in [0.2, 0.25) is 0 Å². The first-order chi connectivity index (χ1) is 12.3. The minimum atomic E-state index is -0.218. The van der Waals surface area contributed by atoms with E-state index in [4.69, 9.17) is 0 Å². The van der Waals surface area contributed by atoms with Crippen molar-refractivity contribution in [1.29, 1.82) is 0 Å². The molecule has 2 aromatic heterocycles. The van der Waals surface area contributed by atoms with Crippen LogP contribution in [-0.2, 0) is 7.05 Å². The Morgan fingerprint density at radius 2 is 1.92 bits per heavy atom. The van der Waals surface area contributed by atoms with E-state index in [9.17, 15) is 4.79 Å². The number of carbonyl (C=O) groups is 1. The summed E-state index contributed by atoms with van der Waals surface area (Å²) in [4.78, 5) is 22.1. The lowest BCUT2D eigenvalue weighted by atomic mass is 9.99. The lowest BCUT2D eigenvalue weighted by Gasteiger charge is -2.22. The van der Waals surface area contributed by atoms with Crippen LogP contribution in [0.25, 0.3) is 10.9 Å². The van der Waals surface area contributed by atoms with Gasteiger partial charge in [0, 0.05) is 18.1 Å². The highest BCUT2D eigenvalue weighted by Crippen LogP contribution is 2.25. The molecule has 0 aliphatic rings. The van der Waals surface area contributed by atoms with Gasteiger partial charge < -0.3 is 5.32 Å².